The first-order chi connectivity index (χ1) is 10.4. The smallest absolute Gasteiger partial charge is 0.330 e. The van der Waals surface area contributed by atoms with E-state index in [9.17, 15) is 9.59 Å². The normalized spacial score (nSPS) is 16.1. The Balaban J connectivity index is 0.00000192. The summed E-state index contributed by atoms with van der Waals surface area (Å²) in [6.07, 6.45) is 7.30. The Morgan fingerprint density at radius 1 is 1.30 bits per heavy atom. The summed E-state index contributed by atoms with van der Waals surface area (Å²) in [7, 11) is 3.01. The minimum Gasteiger partial charge on any atom is -0.335 e. The minimum absolute atomic E-state index is 0. The molecule has 0 saturated heterocycles. The third kappa shape index (κ3) is 2.99. The van der Waals surface area contributed by atoms with Gasteiger partial charge in [0, 0.05) is 26.4 Å². The molecule has 0 radical (unpaired) electrons. The average Bonchev–Trinajstić information content (AvgIpc) is 2.94. The van der Waals surface area contributed by atoms with Crippen LogP contribution in [0.25, 0.3) is 12.2 Å². The summed E-state index contributed by atoms with van der Waals surface area (Å²) < 4.78 is 7.51. The van der Waals surface area contributed by atoms with E-state index < -0.39 is 5.54 Å². The van der Waals surface area contributed by atoms with Gasteiger partial charge in [-0.3, -0.25) is 9.36 Å². The molecular formula is C14H18ClN5O3. The van der Waals surface area contributed by atoms with Gasteiger partial charge in [0.15, 0.2) is 5.82 Å². The molecule has 1 aliphatic carbocycles. The molecule has 2 aromatic heterocycles. The van der Waals surface area contributed by atoms with Gasteiger partial charge in [0.2, 0.25) is 0 Å². The fourth-order valence-electron chi connectivity index (χ4n) is 2.40. The Kier molecular flexibility index (Phi) is 4.58. The van der Waals surface area contributed by atoms with Crippen LogP contribution >= 0.6 is 12.4 Å². The number of hydrogen-bond acceptors (Lipinski definition) is 6. The molecule has 0 aromatic carbocycles. The zero-order valence-corrected chi connectivity index (χ0v) is 13.7. The van der Waals surface area contributed by atoms with E-state index in [2.05, 4.69) is 10.1 Å². The predicted octanol–water partition coefficient (Wildman–Crippen LogP) is 0.397. The Morgan fingerprint density at radius 2 is 2.00 bits per heavy atom. The van der Waals surface area contributed by atoms with Crippen molar-refractivity contribution < 1.29 is 4.52 Å². The second-order valence-corrected chi connectivity index (χ2v) is 5.64. The third-order valence-corrected chi connectivity index (χ3v) is 4.01. The molecule has 0 amide bonds. The summed E-state index contributed by atoms with van der Waals surface area (Å²) in [6.45, 7) is 0. The third-order valence-electron chi connectivity index (χ3n) is 4.01. The van der Waals surface area contributed by atoms with Gasteiger partial charge in [0.25, 0.3) is 11.4 Å². The van der Waals surface area contributed by atoms with Crippen LogP contribution < -0.4 is 17.0 Å². The van der Waals surface area contributed by atoms with Crippen molar-refractivity contribution in [3.63, 3.8) is 0 Å². The number of halogens is 1. The van der Waals surface area contributed by atoms with Crippen LogP contribution in [0, 0.1) is 0 Å². The van der Waals surface area contributed by atoms with Gasteiger partial charge in [-0.05, 0) is 25.3 Å². The van der Waals surface area contributed by atoms with E-state index in [0.29, 0.717) is 11.4 Å². The molecule has 0 atom stereocenters. The van der Waals surface area contributed by atoms with Gasteiger partial charge < -0.3 is 14.8 Å². The zero-order chi connectivity index (χ0) is 15.9. The van der Waals surface area contributed by atoms with E-state index in [4.69, 9.17) is 10.3 Å². The van der Waals surface area contributed by atoms with Crippen LogP contribution in [0.5, 0.6) is 0 Å². The molecule has 0 aliphatic heterocycles. The van der Waals surface area contributed by atoms with Crippen molar-refractivity contribution in [1.82, 2.24) is 19.3 Å². The fraction of sp³-hybridized carbons (Fsp3) is 0.429. The highest BCUT2D eigenvalue weighted by molar-refractivity contribution is 5.85. The maximum absolute atomic E-state index is 12.0. The van der Waals surface area contributed by atoms with Gasteiger partial charge in [-0.15, -0.1) is 12.4 Å². The fourth-order valence-corrected chi connectivity index (χ4v) is 2.40. The molecule has 124 valence electrons. The van der Waals surface area contributed by atoms with Crippen molar-refractivity contribution in [2.24, 2.45) is 19.8 Å². The number of aromatic nitrogens is 4. The molecule has 9 heteroatoms. The highest BCUT2D eigenvalue weighted by Gasteiger charge is 2.38. The minimum atomic E-state index is -0.484. The lowest BCUT2D eigenvalue weighted by molar-refractivity contribution is 0.229. The number of hydrogen-bond donors (Lipinski definition) is 1. The van der Waals surface area contributed by atoms with Gasteiger partial charge in [-0.1, -0.05) is 5.16 Å². The summed E-state index contributed by atoms with van der Waals surface area (Å²) in [4.78, 5) is 27.9. The Morgan fingerprint density at radius 3 is 2.61 bits per heavy atom. The molecule has 1 fully saturated rings. The summed E-state index contributed by atoms with van der Waals surface area (Å²) in [5.74, 6) is 0.773. The Bertz CT molecular complexity index is 860. The lowest BCUT2D eigenvalue weighted by atomic mass is 9.77. The highest BCUT2D eigenvalue weighted by atomic mass is 35.5. The number of nitrogens with two attached hydrogens (primary N) is 1. The van der Waals surface area contributed by atoms with Crippen molar-refractivity contribution in [1.29, 1.82) is 0 Å². The molecule has 23 heavy (non-hydrogen) atoms. The van der Waals surface area contributed by atoms with Crippen LogP contribution in [0.15, 0.2) is 20.3 Å². The van der Waals surface area contributed by atoms with Gasteiger partial charge in [0.1, 0.15) is 0 Å². The Labute approximate surface area is 138 Å². The summed E-state index contributed by atoms with van der Waals surface area (Å²) in [6, 6.07) is 0. The van der Waals surface area contributed by atoms with Crippen LogP contribution in [-0.4, -0.2) is 19.3 Å². The maximum Gasteiger partial charge on any atom is 0.330 e. The largest absolute Gasteiger partial charge is 0.335 e. The van der Waals surface area contributed by atoms with E-state index in [1.54, 1.807) is 19.2 Å². The molecule has 8 nitrogen and oxygen atoms in total. The summed E-state index contributed by atoms with van der Waals surface area (Å²) in [5.41, 5.74) is 5.24. The van der Waals surface area contributed by atoms with Gasteiger partial charge >= 0.3 is 5.69 Å². The molecule has 0 spiro atoms. The van der Waals surface area contributed by atoms with Crippen LogP contribution in [0.2, 0.25) is 0 Å². The molecule has 1 aliphatic rings. The predicted molar refractivity (Wildman–Crippen MR) is 87.1 cm³/mol. The topological polar surface area (TPSA) is 109 Å². The number of nitrogens with zero attached hydrogens (tertiary/aromatic N) is 4. The van der Waals surface area contributed by atoms with Crippen molar-refractivity contribution in [3.8, 4) is 0 Å². The van der Waals surface area contributed by atoms with Crippen molar-refractivity contribution in [2.45, 2.75) is 24.8 Å². The van der Waals surface area contributed by atoms with Crippen LogP contribution in [0.4, 0.5) is 0 Å². The first-order valence-electron chi connectivity index (χ1n) is 6.98. The van der Waals surface area contributed by atoms with E-state index >= 15 is 0 Å². The van der Waals surface area contributed by atoms with Gasteiger partial charge in [-0.2, -0.15) is 4.98 Å². The first kappa shape index (κ1) is 17.2. The standard InChI is InChI=1S/C14H17N5O3.ClH/c1-18-8-9(11(20)19(2)13(18)21)4-5-10-16-12(17-22-10)14(15)6-3-7-14;/h4-5,8H,3,6-7,15H2,1-2H3;1H/b5-4+;. The molecule has 0 bridgehead atoms. The maximum atomic E-state index is 12.0. The van der Waals surface area contributed by atoms with Crippen molar-refractivity contribution in [2.75, 3.05) is 0 Å². The van der Waals surface area contributed by atoms with E-state index in [-0.39, 0.29) is 29.5 Å². The monoisotopic (exact) mass is 339 g/mol. The highest BCUT2D eigenvalue weighted by Crippen LogP contribution is 2.36. The van der Waals surface area contributed by atoms with Crippen molar-refractivity contribution in [3.05, 3.63) is 44.3 Å². The van der Waals surface area contributed by atoms with Gasteiger partial charge in [0.05, 0.1) is 11.1 Å². The lowest BCUT2D eigenvalue weighted by Gasteiger charge is -2.34. The van der Waals surface area contributed by atoms with E-state index in [1.165, 1.54) is 17.8 Å². The van der Waals surface area contributed by atoms with Crippen LogP contribution in [-0.2, 0) is 19.6 Å². The molecule has 3 rings (SSSR count). The second kappa shape index (κ2) is 6.13. The van der Waals surface area contributed by atoms with E-state index in [0.717, 1.165) is 23.8 Å². The van der Waals surface area contributed by atoms with Crippen LogP contribution in [0.1, 0.15) is 36.5 Å². The lowest BCUT2D eigenvalue weighted by Crippen LogP contribution is -2.44. The number of aryl methyl sites for hydroxylation is 1. The quantitative estimate of drug-likeness (QED) is 0.866. The molecule has 2 heterocycles. The van der Waals surface area contributed by atoms with Crippen LogP contribution in [0.3, 0.4) is 0 Å². The molecular weight excluding hydrogens is 322 g/mol. The molecule has 0 unspecified atom stereocenters. The van der Waals surface area contributed by atoms with E-state index in [1.807, 2.05) is 0 Å². The summed E-state index contributed by atoms with van der Waals surface area (Å²) in [5, 5.41) is 3.89. The molecule has 2 N–H and O–H groups in total. The molecule has 1 saturated carbocycles. The SMILES string of the molecule is Cl.Cn1cc(/C=C/c2nc(C3(N)CCC3)no2)c(=O)n(C)c1=O. The van der Waals surface area contributed by atoms with Gasteiger partial charge in [-0.25, -0.2) is 4.79 Å². The average molecular weight is 340 g/mol. The zero-order valence-electron chi connectivity index (χ0n) is 12.9. The first-order valence-corrected chi connectivity index (χ1v) is 6.98. The summed E-state index contributed by atoms with van der Waals surface area (Å²) >= 11 is 0. The molecule has 2 aromatic rings. The number of rotatable bonds is 3. The van der Waals surface area contributed by atoms with Crippen molar-refractivity contribution >= 4 is 24.6 Å². The Hall–Kier alpha value is -2.19. The second-order valence-electron chi connectivity index (χ2n) is 5.64.